The Kier molecular flexibility index (Phi) is 5.66. The van der Waals surface area contributed by atoms with Crippen molar-refractivity contribution in [2.24, 2.45) is 5.73 Å². The Morgan fingerprint density at radius 3 is 2.07 bits per heavy atom. The number of nitrogens with two attached hydrogens (primary N) is 1. The van der Waals surface area contributed by atoms with Crippen LogP contribution in [0.15, 0.2) is 72.8 Å². The van der Waals surface area contributed by atoms with Crippen molar-refractivity contribution in [2.75, 3.05) is 0 Å². The normalized spacial score (nSPS) is 11.3. The van der Waals surface area contributed by atoms with Crippen LogP contribution in [0.25, 0.3) is 11.1 Å². The Labute approximate surface area is 155 Å². The molecule has 6 heteroatoms. The molecule has 3 aromatic rings. The molecule has 0 amide bonds. The fraction of sp³-hybridized carbons (Fsp3) is 0.143. The third kappa shape index (κ3) is 5.49. The van der Waals surface area contributed by atoms with Crippen molar-refractivity contribution in [1.82, 2.24) is 0 Å². The first kappa shape index (κ1) is 18.8. The van der Waals surface area contributed by atoms with E-state index in [1.807, 2.05) is 30.3 Å². The molecule has 0 heterocycles. The summed E-state index contributed by atoms with van der Waals surface area (Å²) in [4.78, 5) is 0. The number of hydrogen-bond acceptors (Lipinski definition) is 3. The van der Waals surface area contributed by atoms with E-state index in [1.54, 1.807) is 30.3 Å². The molecular formula is C21H18F3NO2. The molecule has 0 radical (unpaired) electrons. The minimum atomic E-state index is -4.75. The average Bonchev–Trinajstić information content (AvgIpc) is 2.66. The van der Waals surface area contributed by atoms with Gasteiger partial charge in [0.15, 0.2) is 0 Å². The molecule has 0 aromatic heterocycles. The lowest BCUT2D eigenvalue weighted by Gasteiger charge is -2.13. The molecule has 0 saturated heterocycles. The van der Waals surface area contributed by atoms with Crippen LogP contribution >= 0.6 is 0 Å². The van der Waals surface area contributed by atoms with Gasteiger partial charge in [0.2, 0.25) is 0 Å². The van der Waals surface area contributed by atoms with Crippen LogP contribution in [-0.2, 0) is 13.2 Å². The Bertz CT molecular complexity index is 878. The molecule has 0 saturated carbocycles. The fourth-order valence-corrected chi connectivity index (χ4v) is 2.62. The molecule has 0 unspecified atom stereocenters. The van der Waals surface area contributed by atoms with Crippen molar-refractivity contribution in [3.05, 3.63) is 83.9 Å². The molecule has 3 rings (SSSR count). The number of halogens is 3. The SMILES string of the molecule is NCc1cc(OC(F)(F)F)cc(-c2ccc(OCc3ccccc3)cc2)c1. The number of benzene rings is 3. The standard InChI is InChI=1S/C21H18F3NO2/c22-21(23,24)27-20-11-16(13-25)10-18(12-20)17-6-8-19(9-7-17)26-14-15-4-2-1-3-5-15/h1-12H,13-14,25H2. The van der Waals surface area contributed by atoms with E-state index in [9.17, 15) is 13.2 Å². The van der Waals surface area contributed by atoms with Crippen LogP contribution in [0.3, 0.4) is 0 Å². The highest BCUT2D eigenvalue weighted by molar-refractivity contribution is 5.67. The summed E-state index contributed by atoms with van der Waals surface area (Å²) in [5, 5.41) is 0. The maximum Gasteiger partial charge on any atom is 0.573 e. The first-order valence-electron chi connectivity index (χ1n) is 8.30. The van der Waals surface area contributed by atoms with E-state index in [0.29, 0.717) is 23.5 Å². The van der Waals surface area contributed by atoms with E-state index in [-0.39, 0.29) is 12.3 Å². The van der Waals surface area contributed by atoms with E-state index in [1.165, 1.54) is 12.1 Å². The van der Waals surface area contributed by atoms with Crippen LogP contribution < -0.4 is 15.2 Å². The first-order chi connectivity index (χ1) is 12.9. The van der Waals surface area contributed by atoms with Crippen molar-refractivity contribution >= 4 is 0 Å². The summed E-state index contributed by atoms with van der Waals surface area (Å²) >= 11 is 0. The van der Waals surface area contributed by atoms with Gasteiger partial charge in [-0.15, -0.1) is 13.2 Å². The van der Waals surface area contributed by atoms with Crippen LogP contribution in [0.5, 0.6) is 11.5 Å². The van der Waals surface area contributed by atoms with E-state index in [0.717, 1.165) is 11.1 Å². The summed E-state index contributed by atoms with van der Waals surface area (Å²) in [5.41, 5.74) is 8.52. The Morgan fingerprint density at radius 2 is 1.44 bits per heavy atom. The molecule has 3 aromatic carbocycles. The van der Waals surface area contributed by atoms with Gasteiger partial charge < -0.3 is 15.2 Å². The summed E-state index contributed by atoms with van der Waals surface area (Å²) in [7, 11) is 0. The van der Waals surface area contributed by atoms with Gasteiger partial charge in [-0.2, -0.15) is 0 Å². The maximum absolute atomic E-state index is 12.5. The largest absolute Gasteiger partial charge is 0.573 e. The molecule has 2 N–H and O–H groups in total. The minimum absolute atomic E-state index is 0.111. The van der Waals surface area contributed by atoms with E-state index in [4.69, 9.17) is 10.5 Å². The highest BCUT2D eigenvalue weighted by Gasteiger charge is 2.31. The summed E-state index contributed by atoms with van der Waals surface area (Å²) < 4.78 is 47.3. The molecule has 0 atom stereocenters. The molecule has 0 fully saturated rings. The third-order valence-electron chi connectivity index (χ3n) is 3.87. The number of rotatable bonds is 6. The van der Waals surface area contributed by atoms with Gasteiger partial charge in [-0.1, -0.05) is 42.5 Å². The molecule has 0 aliphatic heterocycles. The lowest BCUT2D eigenvalue weighted by atomic mass is 10.0. The zero-order valence-corrected chi connectivity index (χ0v) is 14.4. The highest BCUT2D eigenvalue weighted by atomic mass is 19.4. The average molecular weight is 373 g/mol. The van der Waals surface area contributed by atoms with Crippen LogP contribution in [0.2, 0.25) is 0 Å². The van der Waals surface area contributed by atoms with Crippen LogP contribution in [0.1, 0.15) is 11.1 Å². The molecule has 3 nitrogen and oxygen atoms in total. The summed E-state index contributed by atoms with van der Waals surface area (Å²) in [5.74, 6) is 0.384. The topological polar surface area (TPSA) is 44.5 Å². The van der Waals surface area contributed by atoms with Gasteiger partial charge in [0.1, 0.15) is 18.1 Å². The minimum Gasteiger partial charge on any atom is -0.489 e. The number of hydrogen-bond donors (Lipinski definition) is 1. The molecule has 0 spiro atoms. The van der Waals surface area contributed by atoms with Crippen LogP contribution in [0.4, 0.5) is 13.2 Å². The second-order valence-corrected chi connectivity index (χ2v) is 5.92. The first-order valence-corrected chi connectivity index (χ1v) is 8.30. The Balaban J connectivity index is 1.76. The van der Waals surface area contributed by atoms with Crippen molar-refractivity contribution in [3.63, 3.8) is 0 Å². The van der Waals surface area contributed by atoms with Crippen molar-refractivity contribution < 1.29 is 22.6 Å². The van der Waals surface area contributed by atoms with E-state index < -0.39 is 6.36 Å². The zero-order valence-electron chi connectivity index (χ0n) is 14.4. The van der Waals surface area contributed by atoms with Gasteiger partial charge >= 0.3 is 6.36 Å². The second kappa shape index (κ2) is 8.14. The quantitative estimate of drug-likeness (QED) is 0.639. The third-order valence-corrected chi connectivity index (χ3v) is 3.87. The number of alkyl halides is 3. The van der Waals surface area contributed by atoms with Crippen molar-refractivity contribution in [3.8, 4) is 22.6 Å². The molecule has 0 bridgehead atoms. The lowest BCUT2D eigenvalue weighted by Crippen LogP contribution is -2.17. The van der Waals surface area contributed by atoms with Gasteiger partial charge in [-0.3, -0.25) is 0 Å². The zero-order chi connectivity index (χ0) is 19.3. The predicted octanol–water partition coefficient (Wildman–Crippen LogP) is 5.29. The lowest BCUT2D eigenvalue weighted by molar-refractivity contribution is -0.274. The smallest absolute Gasteiger partial charge is 0.489 e. The summed E-state index contributed by atoms with van der Waals surface area (Å²) in [6, 6.07) is 21.2. The molecule has 140 valence electrons. The summed E-state index contributed by atoms with van der Waals surface area (Å²) in [6.07, 6.45) is -4.75. The van der Waals surface area contributed by atoms with Gasteiger partial charge in [0, 0.05) is 6.54 Å². The van der Waals surface area contributed by atoms with Crippen molar-refractivity contribution in [2.45, 2.75) is 19.5 Å². The molecule has 27 heavy (non-hydrogen) atoms. The summed E-state index contributed by atoms with van der Waals surface area (Å²) in [6.45, 7) is 0.548. The molecular weight excluding hydrogens is 355 g/mol. The highest BCUT2D eigenvalue weighted by Crippen LogP contribution is 2.30. The fourth-order valence-electron chi connectivity index (χ4n) is 2.62. The van der Waals surface area contributed by atoms with Crippen molar-refractivity contribution in [1.29, 1.82) is 0 Å². The Morgan fingerprint density at radius 1 is 0.741 bits per heavy atom. The van der Waals surface area contributed by atoms with Crippen LogP contribution in [-0.4, -0.2) is 6.36 Å². The van der Waals surface area contributed by atoms with Gasteiger partial charge in [0.25, 0.3) is 0 Å². The van der Waals surface area contributed by atoms with Gasteiger partial charge in [-0.05, 0) is 52.6 Å². The Hall–Kier alpha value is -2.99. The maximum atomic E-state index is 12.5. The van der Waals surface area contributed by atoms with Gasteiger partial charge in [0.05, 0.1) is 0 Å². The van der Waals surface area contributed by atoms with Crippen LogP contribution in [0, 0.1) is 0 Å². The molecule has 0 aliphatic rings. The number of ether oxygens (including phenoxy) is 2. The predicted molar refractivity (Wildman–Crippen MR) is 97.2 cm³/mol. The van der Waals surface area contributed by atoms with E-state index in [2.05, 4.69) is 4.74 Å². The monoisotopic (exact) mass is 373 g/mol. The van der Waals surface area contributed by atoms with Gasteiger partial charge in [-0.25, -0.2) is 0 Å². The second-order valence-electron chi connectivity index (χ2n) is 5.92. The van der Waals surface area contributed by atoms with E-state index >= 15 is 0 Å². The molecule has 0 aliphatic carbocycles.